The number of primary amides is 1. The van der Waals surface area contributed by atoms with Crippen LogP contribution in [0.1, 0.15) is 12.8 Å². The molecule has 3 N–H and O–H groups in total. The van der Waals surface area contributed by atoms with Gasteiger partial charge in [-0.1, -0.05) is 15.9 Å². The van der Waals surface area contributed by atoms with Crippen LogP contribution < -0.4 is 11.1 Å². The van der Waals surface area contributed by atoms with E-state index < -0.39 is 6.09 Å². The maximum atomic E-state index is 10.7. The van der Waals surface area contributed by atoms with E-state index in [4.69, 9.17) is 5.73 Å². The first-order valence-electron chi connectivity index (χ1n) is 3.91. The van der Waals surface area contributed by atoms with Crippen molar-refractivity contribution in [2.45, 2.75) is 12.8 Å². The van der Waals surface area contributed by atoms with Crippen LogP contribution in [-0.2, 0) is 9.53 Å². The molecule has 6 heteroatoms. The Hall–Kier alpha value is -0.780. The topological polar surface area (TPSA) is 81.4 Å². The van der Waals surface area contributed by atoms with Gasteiger partial charge in [0.2, 0.25) is 5.91 Å². The van der Waals surface area contributed by atoms with Gasteiger partial charge >= 0.3 is 6.09 Å². The van der Waals surface area contributed by atoms with Crippen molar-refractivity contribution in [1.29, 1.82) is 0 Å². The molecule has 0 aromatic rings. The zero-order chi connectivity index (χ0) is 10.1. The van der Waals surface area contributed by atoms with Crippen LogP contribution in [0, 0.1) is 0 Å². The van der Waals surface area contributed by atoms with Gasteiger partial charge in [0.05, 0.1) is 11.9 Å². The molecule has 0 fully saturated rings. The molecule has 0 bridgehead atoms. The lowest BCUT2D eigenvalue weighted by Gasteiger charge is -2.02. The van der Waals surface area contributed by atoms with E-state index in [-0.39, 0.29) is 5.91 Å². The second kappa shape index (κ2) is 7.85. The Morgan fingerprint density at radius 2 is 2.08 bits per heavy atom. The number of nitrogens with one attached hydrogen (secondary N) is 1. The van der Waals surface area contributed by atoms with Gasteiger partial charge in [0.15, 0.2) is 0 Å². The van der Waals surface area contributed by atoms with Gasteiger partial charge in [-0.05, 0) is 12.8 Å². The molecule has 0 aliphatic heterocycles. The Morgan fingerprint density at radius 3 is 2.62 bits per heavy atom. The largest absolute Gasteiger partial charge is 0.450 e. The van der Waals surface area contributed by atoms with Gasteiger partial charge in [-0.2, -0.15) is 0 Å². The smallest absolute Gasteiger partial charge is 0.404 e. The molecule has 0 unspecified atom stereocenters. The molecule has 0 spiro atoms. The second-order valence-corrected chi connectivity index (χ2v) is 2.92. The van der Waals surface area contributed by atoms with Crippen molar-refractivity contribution in [1.82, 2.24) is 5.32 Å². The normalized spacial score (nSPS) is 9.31. The van der Waals surface area contributed by atoms with E-state index in [1.165, 1.54) is 0 Å². The summed E-state index contributed by atoms with van der Waals surface area (Å²) in [4.78, 5) is 20.8. The number of amides is 2. The van der Waals surface area contributed by atoms with E-state index >= 15 is 0 Å². The quantitative estimate of drug-likeness (QED) is 0.530. The summed E-state index contributed by atoms with van der Waals surface area (Å²) in [7, 11) is 0. The lowest BCUT2D eigenvalue weighted by atomic mass is 10.3. The monoisotopic (exact) mass is 252 g/mol. The number of ether oxygens (including phenoxy) is 1. The number of hydrogen-bond acceptors (Lipinski definition) is 3. The minimum atomic E-state index is -0.760. The Bertz CT molecular complexity index is 175. The molecule has 0 rings (SSSR count). The zero-order valence-electron chi connectivity index (χ0n) is 7.22. The summed E-state index contributed by atoms with van der Waals surface area (Å²) in [5.74, 6) is -0.0455. The molecule has 0 aromatic carbocycles. The Labute approximate surface area is 85.1 Å². The number of rotatable bonds is 6. The highest BCUT2D eigenvalue weighted by atomic mass is 79.9. The van der Waals surface area contributed by atoms with Gasteiger partial charge in [0.1, 0.15) is 0 Å². The Kier molecular flexibility index (Phi) is 7.38. The first-order valence-corrected chi connectivity index (χ1v) is 5.04. The van der Waals surface area contributed by atoms with Gasteiger partial charge < -0.3 is 15.8 Å². The summed E-state index contributed by atoms with van der Waals surface area (Å²) >= 11 is 3.02. The summed E-state index contributed by atoms with van der Waals surface area (Å²) in [5.41, 5.74) is 4.74. The third-order valence-electron chi connectivity index (χ3n) is 1.26. The number of alkyl halides is 1. The summed E-state index contributed by atoms with van der Waals surface area (Å²) in [5, 5.41) is 2.97. The molecule has 0 saturated heterocycles. The van der Waals surface area contributed by atoms with Gasteiger partial charge in [-0.15, -0.1) is 0 Å². The van der Waals surface area contributed by atoms with Crippen LogP contribution >= 0.6 is 15.9 Å². The number of carbonyl (C=O) groups is 2. The standard InChI is InChI=1S/C7H13BrN2O3/c8-5-6(11)10-3-1-2-4-13-7(9)12/h1-5H2,(H2,9,12)(H,10,11). The van der Waals surface area contributed by atoms with Crippen LogP contribution in [-0.4, -0.2) is 30.5 Å². The molecule has 5 nitrogen and oxygen atoms in total. The highest BCUT2D eigenvalue weighted by Crippen LogP contribution is 1.88. The van der Waals surface area contributed by atoms with Gasteiger partial charge in [-0.3, -0.25) is 4.79 Å². The lowest BCUT2D eigenvalue weighted by Crippen LogP contribution is -2.25. The van der Waals surface area contributed by atoms with Crippen molar-refractivity contribution in [3.63, 3.8) is 0 Å². The van der Waals surface area contributed by atoms with Crippen molar-refractivity contribution in [3.8, 4) is 0 Å². The zero-order valence-corrected chi connectivity index (χ0v) is 8.80. The summed E-state index contributed by atoms with van der Waals surface area (Å²) in [6, 6.07) is 0. The molecule has 0 atom stereocenters. The summed E-state index contributed by atoms with van der Waals surface area (Å²) < 4.78 is 4.49. The maximum Gasteiger partial charge on any atom is 0.404 e. The first-order chi connectivity index (χ1) is 6.16. The van der Waals surface area contributed by atoms with Crippen molar-refractivity contribution in [2.24, 2.45) is 5.73 Å². The van der Waals surface area contributed by atoms with E-state index in [2.05, 4.69) is 26.0 Å². The van der Waals surface area contributed by atoms with Crippen LogP contribution in [0.2, 0.25) is 0 Å². The Morgan fingerprint density at radius 1 is 1.38 bits per heavy atom. The summed E-state index contributed by atoms with van der Waals surface area (Å²) in [6.07, 6.45) is 0.710. The van der Waals surface area contributed by atoms with Crippen molar-refractivity contribution < 1.29 is 14.3 Å². The fourth-order valence-electron chi connectivity index (χ4n) is 0.675. The number of nitrogens with two attached hydrogens (primary N) is 1. The third-order valence-corrected chi connectivity index (χ3v) is 1.77. The molecule has 0 saturated carbocycles. The van der Waals surface area contributed by atoms with Crippen LogP contribution in [0.4, 0.5) is 4.79 Å². The molecular formula is C7H13BrN2O3. The molecule has 0 heterocycles. The van der Waals surface area contributed by atoms with E-state index in [1.54, 1.807) is 0 Å². The fourth-order valence-corrected chi connectivity index (χ4v) is 0.873. The molecule has 0 aromatic heterocycles. The first kappa shape index (κ1) is 12.2. The van der Waals surface area contributed by atoms with Crippen molar-refractivity contribution >= 4 is 27.9 Å². The highest BCUT2D eigenvalue weighted by molar-refractivity contribution is 9.09. The SMILES string of the molecule is NC(=O)OCCCCNC(=O)CBr. The maximum absolute atomic E-state index is 10.7. The molecule has 0 radical (unpaired) electrons. The van der Waals surface area contributed by atoms with Crippen LogP contribution in [0.15, 0.2) is 0 Å². The number of unbranched alkanes of at least 4 members (excludes halogenated alkanes) is 1. The van der Waals surface area contributed by atoms with Gasteiger partial charge in [0.25, 0.3) is 0 Å². The van der Waals surface area contributed by atoms with Gasteiger partial charge in [0, 0.05) is 6.54 Å². The minimum Gasteiger partial charge on any atom is -0.450 e. The summed E-state index contributed by atoms with van der Waals surface area (Å²) in [6.45, 7) is 0.895. The molecule has 13 heavy (non-hydrogen) atoms. The van der Waals surface area contributed by atoms with E-state index in [0.717, 1.165) is 6.42 Å². The van der Waals surface area contributed by atoms with Crippen LogP contribution in [0.25, 0.3) is 0 Å². The van der Waals surface area contributed by atoms with E-state index in [0.29, 0.717) is 24.9 Å². The predicted octanol–water partition coefficient (Wildman–Crippen LogP) is 0.373. The van der Waals surface area contributed by atoms with E-state index in [9.17, 15) is 9.59 Å². The van der Waals surface area contributed by atoms with Gasteiger partial charge in [-0.25, -0.2) is 4.79 Å². The van der Waals surface area contributed by atoms with Crippen LogP contribution in [0.5, 0.6) is 0 Å². The van der Waals surface area contributed by atoms with Crippen molar-refractivity contribution in [3.05, 3.63) is 0 Å². The molecule has 76 valence electrons. The van der Waals surface area contributed by atoms with E-state index in [1.807, 2.05) is 0 Å². The average Bonchev–Trinajstić information content (AvgIpc) is 2.10. The molecular weight excluding hydrogens is 240 g/mol. The van der Waals surface area contributed by atoms with Crippen LogP contribution in [0.3, 0.4) is 0 Å². The predicted molar refractivity (Wildman–Crippen MR) is 51.6 cm³/mol. The fraction of sp³-hybridized carbons (Fsp3) is 0.714. The number of carbonyl (C=O) groups excluding carboxylic acids is 2. The Balaban J connectivity index is 3.08. The molecule has 0 aliphatic rings. The average molecular weight is 253 g/mol. The number of halogens is 1. The molecule has 2 amide bonds. The number of hydrogen-bond donors (Lipinski definition) is 2. The minimum absolute atomic E-state index is 0.0455. The molecule has 0 aliphatic carbocycles. The lowest BCUT2D eigenvalue weighted by molar-refractivity contribution is -0.118. The third kappa shape index (κ3) is 9.13. The van der Waals surface area contributed by atoms with Crippen molar-refractivity contribution in [2.75, 3.05) is 18.5 Å². The highest BCUT2D eigenvalue weighted by Gasteiger charge is 1.96. The second-order valence-electron chi connectivity index (χ2n) is 2.36.